The summed E-state index contributed by atoms with van der Waals surface area (Å²) < 4.78 is 6.01. The first-order valence-corrected chi connectivity index (χ1v) is 14.8. The second-order valence-corrected chi connectivity index (χ2v) is 11.7. The van der Waals surface area contributed by atoms with Gasteiger partial charge in [-0.1, -0.05) is 141 Å². The molecular weight excluding hydrogens is 414 g/mol. The molecule has 1 unspecified atom stereocenters. The molecule has 0 N–H and O–H groups in total. The van der Waals surface area contributed by atoms with Crippen LogP contribution in [0.4, 0.5) is 0 Å². The van der Waals surface area contributed by atoms with Gasteiger partial charge in [0.05, 0.1) is 0 Å². The van der Waals surface area contributed by atoms with E-state index in [2.05, 4.69) is 62.9 Å². The van der Waals surface area contributed by atoms with E-state index in [1.807, 2.05) is 7.11 Å². The average Bonchev–Trinajstić information content (AvgIpc) is 2.81. The third-order valence-corrected chi connectivity index (χ3v) is 7.08. The molecule has 34 heavy (non-hydrogen) atoms. The Hall–Kier alpha value is -0.860. The smallest absolute Gasteiger partial charge is 0.110 e. The Labute approximate surface area is 214 Å². The second-order valence-electron chi connectivity index (χ2n) is 11.7. The van der Waals surface area contributed by atoms with Crippen LogP contribution in [0, 0.1) is 5.41 Å². The van der Waals surface area contributed by atoms with E-state index in [0.29, 0.717) is 5.41 Å². The minimum Gasteiger partial charge on any atom is -0.366 e. The van der Waals surface area contributed by atoms with Crippen molar-refractivity contribution < 1.29 is 4.74 Å². The molecule has 0 fully saturated rings. The molecule has 1 rings (SSSR count). The maximum Gasteiger partial charge on any atom is 0.110 e. The van der Waals surface area contributed by atoms with Gasteiger partial charge in [0, 0.05) is 20.2 Å². The number of rotatable bonds is 22. The lowest BCUT2D eigenvalue weighted by Crippen LogP contribution is -2.37. The highest BCUT2D eigenvalue weighted by Gasteiger charge is 2.17. The lowest BCUT2D eigenvalue weighted by atomic mass is 9.89. The number of hydrogen-bond donors (Lipinski definition) is 0. The van der Waals surface area contributed by atoms with Gasteiger partial charge in [-0.3, -0.25) is 4.90 Å². The van der Waals surface area contributed by atoms with Crippen LogP contribution in [-0.4, -0.2) is 24.8 Å². The van der Waals surface area contributed by atoms with Crippen molar-refractivity contribution in [2.45, 2.75) is 150 Å². The Morgan fingerprint density at radius 2 is 1.24 bits per heavy atom. The fourth-order valence-corrected chi connectivity index (χ4v) is 4.90. The first kappa shape index (κ1) is 31.2. The van der Waals surface area contributed by atoms with Crippen molar-refractivity contribution in [1.82, 2.24) is 4.90 Å². The van der Waals surface area contributed by atoms with Crippen LogP contribution in [0.3, 0.4) is 0 Å². The van der Waals surface area contributed by atoms with Gasteiger partial charge in [-0.25, -0.2) is 0 Å². The molecule has 0 amide bonds. The van der Waals surface area contributed by atoms with E-state index in [9.17, 15) is 0 Å². The van der Waals surface area contributed by atoms with Crippen molar-refractivity contribution in [3.05, 3.63) is 35.9 Å². The Morgan fingerprint density at radius 1 is 0.706 bits per heavy atom. The van der Waals surface area contributed by atoms with Crippen LogP contribution in [0.15, 0.2) is 30.3 Å². The molecular formula is C32H59NO. The molecule has 0 aromatic heterocycles. The molecule has 0 bridgehead atoms. The molecule has 0 aliphatic heterocycles. The van der Waals surface area contributed by atoms with Gasteiger partial charge >= 0.3 is 0 Å². The van der Waals surface area contributed by atoms with Crippen LogP contribution in [0.25, 0.3) is 0 Å². The maximum atomic E-state index is 6.01. The molecule has 1 aromatic rings. The highest BCUT2D eigenvalue weighted by molar-refractivity contribution is 5.14. The molecule has 198 valence electrons. The van der Waals surface area contributed by atoms with Crippen LogP contribution >= 0.6 is 0 Å². The summed E-state index contributed by atoms with van der Waals surface area (Å²) in [4.78, 5) is 2.60. The van der Waals surface area contributed by atoms with Crippen molar-refractivity contribution in [1.29, 1.82) is 0 Å². The summed E-state index contributed by atoms with van der Waals surface area (Å²) in [7, 11) is 1.91. The van der Waals surface area contributed by atoms with Gasteiger partial charge < -0.3 is 4.74 Å². The second kappa shape index (κ2) is 20.3. The highest BCUT2D eigenvalue weighted by Crippen LogP contribution is 2.23. The predicted molar refractivity (Wildman–Crippen MR) is 151 cm³/mol. The highest BCUT2D eigenvalue weighted by atomic mass is 16.5. The van der Waals surface area contributed by atoms with Crippen LogP contribution < -0.4 is 0 Å². The SMILES string of the molecule is CCCCCCCCCC(OC)N(CCCCCCCCCCC(C)(C)C)Cc1ccccc1. The number of methoxy groups -OCH3 is 1. The lowest BCUT2D eigenvalue weighted by Gasteiger charge is -2.31. The van der Waals surface area contributed by atoms with Gasteiger partial charge in [0.15, 0.2) is 0 Å². The number of nitrogens with zero attached hydrogens (tertiary/aromatic N) is 1. The zero-order valence-corrected chi connectivity index (χ0v) is 23.8. The van der Waals surface area contributed by atoms with E-state index in [1.165, 1.54) is 108 Å². The molecule has 0 heterocycles. The van der Waals surface area contributed by atoms with E-state index < -0.39 is 0 Å². The Kier molecular flexibility index (Phi) is 18.7. The normalized spacial score (nSPS) is 13.0. The number of hydrogen-bond acceptors (Lipinski definition) is 2. The van der Waals surface area contributed by atoms with E-state index in [-0.39, 0.29) is 6.23 Å². The Bertz CT molecular complexity index is 550. The summed E-state index contributed by atoms with van der Waals surface area (Å²) in [6, 6.07) is 10.9. The van der Waals surface area contributed by atoms with Crippen molar-refractivity contribution in [3.63, 3.8) is 0 Å². The molecule has 1 atom stereocenters. The number of benzene rings is 1. The van der Waals surface area contributed by atoms with E-state index >= 15 is 0 Å². The van der Waals surface area contributed by atoms with E-state index in [1.54, 1.807) is 0 Å². The minimum absolute atomic E-state index is 0.249. The summed E-state index contributed by atoms with van der Waals surface area (Å²) in [6.45, 7) is 11.5. The molecule has 0 saturated carbocycles. The van der Waals surface area contributed by atoms with Crippen LogP contribution in [-0.2, 0) is 11.3 Å². The first-order valence-electron chi connectivity index (χ1n) is 14.8. The number of ether oxygens (including phenoxy) is 1. The predicted octanol–water partition coefficient (Wildman–Crippen LogP) is 10.2. The third kappa shape index (κ3) is 17.6. The van der Waals surface area contributed by atoms with Gasteiger partial charge in [-0.05, 0) is 36.7 Å². The van der Waals surface area contributed by atoms with Crippen molar-refractivity contribution in [2.75, 3.05) is 13.7 Å². The quantitative estimate of drug-likeness (QED) is 0.123. The Balaban J connectivity index is 2.31. The van der Waals surface area contributed by atoms with Crippen molar-refractivity contribution in [2.24, 2.45) is 5.41 Å². The van der Waals surface area contributed by atoms with Gasteiger partial charge in [0.1, 0.15) is 6.23 Å². The summed E-state index contributed by atoms with van der Waals surface area (Å²) >= 11 is 0. The van der Waals surface area contributed by atoms with Crippen LogP contribution in [0.1, 0.15) is 142 Å². The summed E-state index contributed by atoms with van der Waals surface area (Å²) in [5.41, 5.74) is 1.90. The fraction of sp³-hybridized carbons (Fsp3) is 0.812. The molecule has 2 nitrogen and oxygen atoms in total. The third-order valence-electron chi connectivity index (χ3n) is 7.08. The standard InChI is InChI=1S/C32H59NO/c1-6-7-8-9-12-15-21-26-31(34-5)33(29-30-24-19-18-20-25-30)28-23-17-14-11-10-13-16-22-27-32(2,3)4/h18-20,24-25,31H,6-17,21-23,26-29H2,1-5H3. The Morgan fingerprint density at radius 3 is 1.79 bits per heavy atom. The van der Waals surface area contributed by atoms with Crippen molar-refractivity contribution >= 4 is 0 Å². The zero-order chi connectivity index (χ0) is 24.9. The number of unbranched alkanes of at least 4 members (excludes halogenated alkanes) is 13. The maximum absolute atomic E-state index is 6.01. The molecule has 0 aliphatic rings. The monoisotopic (exact) mass is 473 g/mol. The van der Waals surface area contributed by atoms with Crippen LogP contribution in [0.2, 0.25) is 0 Å². The average molecular weight is 474 g/mol. The van der Waals surface area contributed by atoms with Gasteiger partial charge in [-0.15, -0.1) is 0 Å². The zero-order valence-electron chi connectivity index (χ0n) is 23.8. The first-order chi connectivity index (χ1) is 16.5. The minimum atomic E-state index is 0.249. The molecule has 1 aromatic carbocycles. The fourth-order valence-electron chi connectivity index (χ4n) is 4.90. The summed E-state index contributed by atoms with van der Waals surface area (Å²) in [5.74, 6) is 0. The van der Waals surface area contributed by atoms with Gasteiger partial charge in [0.2, 0.25) is 0 Å². The molecule has 0 aliphatic carbocycles. The molecule has 0 radical (unpaired) electrons. The van der Waals surface area contributed by atoms with Gasteiger partial charge in [0.25, 0.3) is 0 Å². The summed E-state index contributed by atoms with van der Waals surface area (Å²) in [5, 5.41) is 0. The molecule has 0 spiro atoms. The summed E-state index contributed by atoms with van der Waals surface area (Å²) in [6.07, 6.45) is 23.4. The lowest BCUT2D eigenvalue weighted by molar-refractivity contribution is -0.0446. The van der Waals surface area contributed by atoms with Gasteiger partial charge in [-0.2, -0.15) is 0 Å². The molecule has 0 saturated heterocycles. The largest absolute Gasteiger partial charge is 0.366 e. The topological polar surface area (TPSA) is 12.5 Å². The van der Waals surface area contributed by atoms with Crippen molar-refractivity contribution in [3.8, 4) is 0 Å². The van der Waals surface area contributed by atoms with Crippen LogP contribution in [0.5, 0.6) is 0 Å². The molecule has 2 heteroatoms. The van der Waals surface area contributed by atoms with E-state index in [0.717, 1.165) is 19.5 Å². The van der Waals surface area contributed by atoms with E-state index in [4.69, 9.17) is 4.74 Å².